The Balaban J connectivity index is 1.33. The maximum Gasteiger partial charge on any atom is 0.319 e. The maximum absolute atomic E-state index is 12.3. The van der Waals surface area contributed by atoms with E-state index < -0.39 is 0 Å². The molecule has 6 nitrogen and oxygen atoms in total. The van der Waals surface area contributed by atoms with Gasteiger partial charge in [0.25, 0.3) is 0 Å². The van der Waals surface area contributed by atoms with Crippen LogP contribution in [-0.4, -0.2) is 33.6 Å². The van der Waals surface area contributed by atoms with E-state index in [1.807, 2.05) is 41.2 Å². The van der Waals surface area contributed by atoms with E-state index in [1.165, 1.54) is 6.42 Å². The predicted molar refractivity (Wildman–Crippen MR) is 95.1 cm³/mol. The number of amides is 2. The monoisotopic (exact) mass is 340 g/mol. The number of hydrogen-bond donors (Lipinski definition) is 3. The van der Waals surface area contributed by atoms with Gasteiger partial charge in [-0.25, -0.2) is 4.79 Å². The number of fused-ring (bicyclic) bond motifs is 2. The van der Waals surface area contributed by atoms with Gasteiger partial charge >= 0.3 is 6.03 Å². The van der Waals surface area contributed by atoms with Gasteiger partial charge in [0.05, 0.1) is 6.54 Å². The summed E-state index contributed by atoms with van der Waals surface area (Å²) in [4.78, 5) is 12.3. The molecule has 6 heteroatoms. The topological polar surface area (TPSA) is 79.2 Å². The Kier molecular flexibility index (Phi) is 4.44. The summed E-state index contributed by atoms with van der Waals surface area (Å²) in [5, 5.41) is 19.8. The molecule has 2 fully saturated rings. The molecule has 0 radical (unpaired) electrons. The fraction of sp³-hybridized carbons (Fsp3) is 0.474. The minimum atomic E-state index is -0.184. The Morgan fingerprint density at radius 2 is 2.04 bits per heavy atom. The van der Waals surface area contributed by atoms with Gasteiger partial charge in [-0.2, -0.15) is 5.10 Å². The van der Waals surface area contributed by atoms with Crippen LogP contribution in [0, 0.1) is 17.8 Å². The Morgan fingerprint density at radius 1 is 1.24 bits per heavy atom. The lowest BCUT2D eigenvalue weighted by molar-refractivity contribution is 0.146. The van der Waals surface area contributed by atoms with Crippen LogP contribution in [0.25, 0.3) is 0 Å². The molecule has 0 unspecified atom stereocenters. The summed E-state index contributed by atoms with van der Waals surface area (Å²) < 4.78 is 1.86. The van der Waals surface area contributed by atoms with Crippen molar-refractivity contribution in [1.29, 1.82) is 0 Å². The van der Waals surface area contributed by atoms with E-state index in [-0.39, 0.29) is 24.6 Å². The summed E-state index contributed by atoms with van der Waals surface area (Å²) in [5.74, 6) is 1.30. The van der Waals surface area contributed by atoms with Crippen LogP contribution < -0.4 is 10.6 Å². The number of aliphatic hydroxyl groups excluding tert-OH is 1. The van der Waals surface area contributed by atoms with Crippen molar-refractivity contribution >= 4 is 11.7 Å². The van der Waals surface area contributed by atoms with Crippen LogP contribution >= 0.6 is 0 Å². The average molecular weight is 340 g/mol. The molecule has 3 N–H and O–H groups in total. The van der Waals surface area contributed by atoms with Crippen molar-refractivity contribution in [3.8, 4) is 0 Å². The zero-order valence-corrected chi connectivity index (χ0v) is 14.1. The zero-order valence-electron chi connectivity index (χ0n) is 14.1. The quantitative estimate of drug-likeness (QED) is 0.782. The van der Waals surface area contributed by atoms with Crippen molar-refractivity contribution in [2.45, 2.75) is 31.8 Å². The summed E-state index contributed by atoms with van der Waals surface area (Å²) in [6.07, 6.45) is 7.17. The molecule has 2 amide bonds. The lowest BCUT2D eigenvalue weighted by atomic mass is 9.85. The number of carbonyl (C=O) groups excluding carboxylic acids is 1. The van der Waals surface area contributed by atoms with E-state index in [4.69, 9.17) is 0 Å². The number of anilines is 1. The number of nitrogens with one attached hydrogen (secondary N) is 2. The first-order valence-corrected chi connectivity index (χ1v) is 8.97. The third kappa shape index (κ3) is 3.39. The maximum atomic E-state index is 12.3. The van der Waals surface area contributed by atoms with Crippen LogP contribution in [0.4, 0.5) is 10.5 Å². The van der Waals surface area contributed by atoms with E-state index in [9.17, 15) is 9.90 Å². The smallest absolute Gasteiger partial charge is 0.319 e. The van der Waals surface area contributed by atoms with E-state index in [1.54, 1.807) is 6.20 Å². The fourth-order valence-electron chi connectivity index (χ4n) is 4.49. The van der Waals surface area contributed by atoms with Crippen molar-refractivity contribution in [3.05, 3.63) is 48.3 Å². The molecule has 2 aliphatic rings. The van der Waals surface area contributed by atoms with Crippen molar-refractivity contribution in [3.63, 3.8) is 0 Å². The first kappa shape index (κ1) is 16.1. The van der Waals surface area contributed by atoms with Gasteiger partial charge in [-0.3, -0.25) is 4.68 Å². The molecule has 0 spiro atoms. The van der Waals surface area contributed by atoms with Gasteiger partial charge in [-0.05, 0) is 54.9 Å². The van der Waals surface area contributed by atoms with E-state index >= 15 is 0 Å². The van der Waals surface area contributed by atoms with Gasteiger partial charge < -0.3 is 15.7 Å². The van der Waals surface area contributed by atoms with Crippen molar-refractivity contribution in [2.24, 2.45) is 17.8 Å². The lowest BCUT2D eigenvalue weighted by Crippen LogP contribution is -2.46. The number of aliphatic hydroxyl groups is 1. The largest absolute Gasteiger partial charge is 0.396 e. The lowest BCUT2D eigenvalue weighted by Gasteiger charge is -2.30. The third-order valence-electron chi connectivity index (χ3n) is 5.71. The summed E-state index contributed by atoms with van der Waals surface area (Å²) in [6, 6.07) is 9.61. The first-order chi connectivity index (χ1) is 12.2. The molecule has 1 heterocycles. The minimum Gasteiger partial charge on any atom is -0.396 e. The highest BCUT2D eigenvalue weighted by Crippen LogP contribution is 2.48. The summed E-state index contributed by atoms with van der Waals surface area (Å²) in [6.45, 7) is 0.872. The minimum absolute atomic E-state index is 0.0999. The normalized spacial score (nSPS) is 27.4. The second-order valence-corrected chi connectivity index (χ2v) is 7.20. The Labute approximate surface area is 147 Å². The molecule has 1 aromatic carbocycles. The Hall–Kier alpha value is -2.34. The molecule has 4 rings (SSSR count). The molecule has 132 valence electrons. The molecule has 2 bridgehead atoms. The fourth-order valence-corrected chi connectivity index (χ4v) is 4.49. The Bertz CT molecular complexity index is 714. The highest BCUT2D eigenvalue weighted by atomic mass is 16.3. The molecule has 0 saturated heterocycles. The standard InChI is InChI=1S/C19H24N4O2/c24-12-17-14-4-5-15(10-14)18(17)22-19(25)21-16-6-2-13(3-7-16)11-23-9-1-8-20-23/h1-3,6-9,14-15,17-18,24H,4-5,10-12H2,(H2,21,22,25)/t14-,15-,17-,18+/m0/s1. The predicted octanol–water partition coefficient (Wildman–Crippen LogP) is 2.46. The molecule has 4 atom stereocenters. The molecule has 1 aromatic heterocycles. The third-order valence-corrected chi connectivity index (χ3v) is 5.71. The summed E-state index contributed by atoms with van der Waals surface area (Å²) in [7, 11) is 0. The van der Waals surface area contributed by atoms with Gasteiger partial charge in [0.1, 0.15) is 0 Å². The second-order valence-electron chi connectivity index (χ2n) is 7.20. The van der Waals surface area contributed by atoms with Gasteiger partial charge in [-0.1, -0.05) is 12.1 Å². The number of rotatable bonds is 5. The molecular formula is C19H24N4O2. The number of benzene rings is 1. The molecule has 2 aromatic rings. The van der Waals surface area contributed by atoms with Crippen molar-refractivity contribution in [1.82, 2.24) is 15.1 Å². The second kappa shape index (κ2) is 6.88. The molecule has 2 aliphatic carbocycles. The van der Waals surface area contributed by atoms with Crippen LogP contribution in [-0.2, 0) is 6.54 Å². The number of carbonyl (C=O) groups is 1. The molecule has 0 aliphatic heterocycles. The Morgan fingerprint density at radius 3 is 2.76 bits per heavy atom. The van der Waals surface area contributed by atoms with Gasteiger partial charge in [0, 0.05) is 36.6 Å². The van der Waals surface area contributed by atoms with Crippen molar-refractivity contribution in [2.75, 3.05) is 11.9 Å². The number of hydrogen-bond acceptors (Lipinski definition) is 3. The van der Waals surface area contributed by atoms with Gasteiger partial charge in [0.15, 0.2) is 0 Å². The zero-order chi connectivity index (χ0) is 17.2. The van der Waals surface area contributed by atoms with Crippen LogP contribution in [0.2, 0.25) is 0 Å². The van der Waals surface area contributed by atoms with E-state index in [0.29, 0.717) is 18.4 Å². The molecule has 2 saturated carbocycles. The summed E-state index contributed by atoms with van der Waals surface area (Å²) >= 11 is 0. The highest BCUT2D eigenvalue weighted by Gasteiger charge is 2.47. The van der Waals surface area contributed by atoms with Crippen LogP contribution in [0.15, 0.2) is 42.7 Å². The van der Waals surface area contributed by atoms with Crippen LogP contribution in [0.3, 0.4) is 0 Å². The van der Waals surface area contributed by atoms with Gasteiger partial charge in [0.2, 0.25) is 0 Å². The number of urea groups is 1. The van der Waals surface area contributed by atoms with Crippen molar-refractivity contribution < 1.29 is 9.90 Å². The van der Waals surface area contributed by atoms with Crippen LogP contribution in [0.5, 0.6) is 0 Å². The average Bonchev–Trinajstić information content (AvgIpc) is 3.34. The van der Waals surface area contributed by atoms with Gasteiger partial charge in [-0.15, -0.1) is 0 Å². The highest BCUT2D eigenvalue weighted by molar-refractivity contribution is 5.89. The molecular weight excluding hydrogens is 316 g/mol. The summed E-state index contributed by atoms with van der Waals surface area (Å²) in [5.41, 5.74) is 1.90. The SMILES string of the molecule is O=C(Nc1ccc(Cn2cccn2)cc1)N[C@@H]1[C@H]2CC[C@@H](C2)[C@@H]1CO. The van der Waals surface area contributed by atoms with E-state index in [0.717, 1.165) is 24.1 Å². The first-order valence-electron chi connectivity index (χ1n) is 8.97. The number of aromatic nitrogens is 2. The number of nitrogens with zero attached hydrogens (tertiary/aromatic N) is 2. The van der Waals surface area contributed by atoms with Crippen LogP contribution in [0.1, 0.15) is 24.8 Å². The van der Waals surface area contributed by atoms with E-state index in [2.05, 4.69) is 15.7 Å². The molecule has 25 heavy (non-hydrogen) atoms.